The van der Waals surface area contributed by atoms with Crippen LogP contribution in [0.2, 0.25) is 0 Å². The highest BCUT2D eigenvalue weighted by Gasteiger charge is 2.64. The maximum Gasteiger partial charge on any atom is 0.429 e. The van der Waals surface area contributed by atoms with Gasteiger partial charge < -0.3 is 9.77 Å². The second kappa shape index (κ2) is 3.86. The topological polar surface area (TPSA) is 48.1 Å². The van der Waals surface area contributed by atoms with Crippen LogP contribution in [-0.4, -0.2) is 26.1 Å². The van der Waals surface area contributed by atoms with Crippen molar-refractivity contribution in [1.29, 1.82) is 0 Å². The fourth-order valence-corrected chi connectivity index (χ4v) is 3.89. The first-order valence-corrected chi connectivity index (χ1v) is 7.66. The van der Waals surface area contributed by atoms with Crippen molar-refractivity contribution in [3.8, 4) is 0 Å². The van der Waals surface area contributed by atoms with Gasteiger partial charge in [0.1, 0.15) is 11.4 Å². The second-order valence-corrected chi connectivity index (χ2v) is 7.05. The fourth-order valence-electron chi connectivity index (χ4n) is 3.89. The van der Waals surface area contributed by atoms with E-state index < -0.39 is 10.2 Å². The molecule has 0 aliphatic carbocycles. The molecule has 0 spiro atoms. The minimum absolute atomic E-state index is 0.105. The molecule has 2 aliphatic rings. The number of fused-ring (bicyclic) bond motifs is 4. The molecule has 0 amide bonds. The molecule has 0 saturated carbocycles. The summed E-state index contributed by atoms with van der Waals surface area (Å²) in [4.78, 5) is 12.5. The number of rotatable bonds is 1. The first-order valence-electron chi connectivity index (χ1n) is 7.66. The van der Waals surface area contributed by atoms with Crippen molar-refractivity contribution in [2.24, 2.45) is 13.0 Å². The number of quaternary nitrogens is 1. The van der Waals surface area contributed by atoms with E-state index >= 15 is 0 Å². The van der Waals surface area contributed by atoms with Gasteiger partial charge in [-0.25, -0.2) is 4.65 Å². The Morgan fingerprint density at radius 1 is 1.36 bits per heavy atom. The summed E-state index contributed by atoms with van der Waals surface area (Å²) in [6.07, 6.45) is 3.73. The van der Waals surface area contributed by atoms with Crippen molar-refractivity contribution in [3.63, 3.8) is 0 Å². The molecule has 1 fully saturated rings. The first-order chi connectivity index (χ1) is 10.3. The molecular formula is C17H20N3O2+. The van der Waals surface area contributed by atoms with Crippen molar-refractivity contribution in [2.75, 3.05) is 6.54 Å². The lowest BCUT2D eigenvalue weighted by atomic mass is 9.87. The number of hydrogen-bond acceptors (Lipinski definition) is 2. The number of aryl methyl sites for hydroxylation is 1. The molecule has 5 nitrogen and oxygen atoms in total. The van der Waals surface area contributed by atoms with Gasteiger partial charge in [-0.15, -0.1) is 0 Å². The smallest absolute Gasteiger partial charge is 0.429 e. The molecular weight excluding hydrogens is 278 g/mol. The lowest BCUT2D eigenvalue weighted by Gasteiger charge is -2.42. The van der Waals surface area contributed by atoms with Crippen molar-refractivity contribution in [1.82, 2.24) is 4.57 Å². The van der Waals surface area contributed by atoms with Crippen LogP contribution in [0.15, 0.2) is 24.4 Å². The van der Waals surface area contributed by atoms with E-state index in [9.17, 15) is 10.1 Å². The van der Waals surface area contributed by atoms with E-state index in [0.717, 1.165) is 26.1 Å². The second-order valence-electron chi connectivity index (χ2n) is 7.05. The largest absolute Gasteiger partial charge is 0.617 e. The molecule has 1 aromatic heterocycles. The zero-order chi connectivity index (χ0) is 15.9. The van der Waals surface area contributed by atoms with Gasteiger partial charge in [0.15, 0.2) is 5.54 Å². The molecule has 2 aliphatic heterocycles. The lowest BCUT2D eigenvalue weighted by molar-refractivity contribution is -0.791. The molecule has 0 radical (unpaired) electrons. The van der Waals surface area contributed by atoms with Crippen LogP contribution in [0.25, 0.3) is 22.9 Å². The monoisotopic (exact) mass is 298 g/mol. The van der Waals surface area contributed by atoms with Crippen LogP contribution in [0.1, 0.15) is 20.8 Å². The Morgan fingerprint density at radius 3 is 2.77 bits per heavy atom. The van der Waals surface area contributed by atoms with Crippen LogP contribution < -0.4 is 10.4 Å². The molecule has 4 rings (SSSR count). The molecule has 2 aromatic rings. The van der Waals surface area contributed by atoms with Crippen molar-refractivity contribution < 1.29 is 9.41 Å². The third-order valence-corrected chi connectivity index (χ3v) is 5.65. The number of hydroxylamine groups is 3. The highest BCUT2D eigenvalue weighted by atomic mass is 16.6. The molecule has 5 heteroatoms. The Morgan fingerprint density at radius 2 is 2.09 bits per heavy atom. The van der Waals surface area contributed by atoms with Gasteiger partial charge in [0.2, 0.25) is 0 Å². The molecule has 114 valence electrons. The normalized spacial score (nSPS) is 30.1. The van der Waals surface area contributed by atoms with Gasteiger partial charge in [-0.2, -0.15) is 0 Å². The summed E-state index contributed by atoms with van der Waals surface area (Å²) in [5.74, 6) is 0.447. The van der Waals surface area contributed by atoms with Crippen molar-refractivity contribution >= 4 is 22.9 Å². The third-order valence-electron chi connectivity index (χ3n) is 5.65. The molecule has 1 saturated heterocycles. The summed E-state index contributed by atoms with van der Waals surface area (Å²) in [7, 11) is 1.97. The summed E-state index contributed by atoms with van der Waals surface area (Å²) in [5.41, 5.74) is 0.361. The van der Waals surface area contributed by atoms with Crippen LogP contribution in [0.4, 0.5) is 0 Å². The van der Waals surface area contributed by atoms with E-state index in [2.05, 4.69) is 0 Å². The third kappa shape index (κ3) is 1.31. The molecule has 2 unspecified atom stereocenters. The Labute approximate surface area is 128 Å². The molecule has 1 aromatic carbocycles. The van der Waals surface area contributed by atoms with Crippen LogP contribution in [0.3, 0.4) is 0 Å². The van der Waals surface area contributed by atoms with E-state index in [1.165, 1.54) is 0 Å². The van der Waals surface area contributed by atoms with Gasteiger partial charge >= 0.3 is 5.82 Å². The SMILES string of the molecule is CC(C)C1(C)C[N+](=O)C2=c3ccc4ccn(C)c4c3=C[N+]21[O-]. The minimum Gasteiger partial charge on any atom is -0.617 e. The summed E-state index contributed by atoms with van der Waals surface area (Å²) in [5, 5.41) is 16.5. The number of nitroso groups, excluding NO2 is 1. The van der Waals surface area contributed by atoms with Gasteiger partial charge in [0.25, 0.3) is 6.54 Å². The maximum atomic E-state index is 13.7. The molecule has 0 N–H and O–H groups in total. The predicted octanol–water partition coefficient (Wildman–Crippen LogP) is 1.52. The van der Waals surface area contributed by atoms with Gasteiger partial charge in [-0.1, -0.05) is 19.9 Å². The summed E-state index contributed by atoms with van der Waals surface area (Å²) in [6, 6.07) is 5.94. The van der Waals surface area contributed by atoms with Crippen molar-refractivity contribution in [2.45, 2.75) is 26.3 Å². The van der Waals surface area contributed by atoms with Crippen LogP contribution in [0.5, 0.6) is 0 Å². The Kier molecular flexibility index (Phi) is 2.40. The number of aromatic nitrogens is 1. The summed E-state index contributed by atoms with van der Waals surface area (Å²) < 4.78 is 2.28. The fraction of sp³-hybridized carbons (Fsp3) is 0.412. The molecule has 22 heavy (non-hydrogen) atoms. The quantitative estimate of drug-likeness (QED) is 0.455. The molecule has 2 atom stereocenters. The Balaban J connectivity index is 2.19. The van der Waals surface area contributed by atoms with E-state index in [1.807, 2.05) is 56.8 Å². The van der Waals surface area contributed by atoms with Crippen molar-refractivity contribution in [3.05, 3.63) is 44.9 Å². The summed E-state index contributed by atoms with van der Waals surface area (Å²) in [6.45, 7) is 6.20. The minimum atomic E-state index is -0.659. The van der Waals surface area contributed by atoms with Crippen LogP contribution in [-0.2, 0) is 7.05 Å². The van der Waals surface area contributed by atoms with E-state index in [0.29, 0.717) is 5.82 Å². The molecule has 0 bridgehead atoms. The average molecular weight is 298 g/mol. The Bertz CT molecular complexity index is 956. The van der Waals surface area contributed by atoms with E-state index in [1.54, 1.807) is 6.20 Å². The number of benzene rings is 1. The van der Waals surface area contributed by atoms with Crippen LogP contribution >= 0.6 is 0 Å². The highest BCUT2D eigenvalue weighted by Crippen LogP contribution is 2.44. The van der Waals surface area contributed by atoms with Gasteiger partial charge in [-0.05, 0) is 19.1 Å². The van der Waals surface area contributed by atoms with E-state index in [4.69, 9.17) is 0 Å². The maximum absolute atomic E-state index is 13.7. The summed E-state index contributed by atoms with van der Waals surface area (Å²) >= 11 is 0. The highest BCUT2D eigenvalue weighted by molar-refractivity contribution is 5.82. The number of nitrogens with zero attached hydrogens (tertiary/aromatic N) is 3. The standard InChI is InChI=1S/C17H20N3O2/c1-11(2)17(3)10-19(21)16-13-6-5-12-7-8-18(4)15(12)14(13)9-20(16,17)22/h5-9,11H,10H2,1-4H3/q+1. The number of hydrogen-bond donors (Lipinski definition) is 0. The zero-order valence-corrected chi connectivity index (χ0v) is 13.3. The molecule has 3 heterocycles. The average Bonchev–Trinajstić information content (AvgIpc) is 3.01. The van der Waals surface area contributed by atoms with Crippen LogP contribution in [0, 0.1) is 16.0 Å². The van der Waals surface area contributed by atoms with Gasteiger partial charge in [-0.3, -0.25) is 0 Å². The van der Waals surface area contributed by atoms with E-state index in [-0.39, 0.29) is 12.5 Å². The lowest BCUT2D eigenvalue weighted by Crippen LogP contribution is -2.54. The van der Waals surface area contributed by atoms with Gasteiger partial charge in [0.05, 0.1) is 15.5 Å². The Hall–Kier alpha value is -1.98. The zero-order valence-electron chi connectivity index (χ0n) is 13.3. The first kappa shape index (κ1) is 13.7. The van der Waals surface area contributed by atoms with Gasteiger partial charge in [0, 0.05) is 29.5 Å². The predicted molar refractivity (Wildman–Crippen MR) is 85.4 cm³/mol.